The molecule has 2 unspecified atom stereocenters. The number of hydrogen-bond acceptors (Lipinski definition) is 4. The largest absolute Gasteiger partial charge is 0.392 e. The first kappa shape index (κ1) is 18.7. The van der Waals surface area contributed by atoms with Gasteiger partial charge in [-0.05, 0) is 44.9 Å². The van der Waals surface area contributed by atoms with Gasteiger partial charge in [0.1, 0.15) is 0 Å². The number of carbonyl (C=O) groups is 1. The summed E-state index contributed by atoms with van der Waals surface area (Å²) < 4.78 is 0. The predicted molar refractivity (Wildman–Crippen MR) is 93.3 cm³/mol. The van der Waals surface area contributed by atoms with Gasteiger partial charge in [-0.15, -0.1) is 0 Å². The van der Waals surface area contributed by atoms with Crippen molar-refractivity contribution in [3.63, 3.8) is 0 Å². The summed E-state index contributed by atoms with van der Waals surface area (Å²) in [5.41, 5.74) is 0. The maximum Gasteiger partial charge on any atom is 0.237 e. The summed E-state index contributed by atoms with van der Waals surface area (Å²) >= 11 is 0. The van der Waals surface area contributed by atoms with Gasteiger partial charge in [-0.25, -0.2) is 0 Å². The van der Waals surface area contributed by atoms with E-state index in [0.717, 1.165) is 57.9 Å². The minimum atomic E-state index is -0.226. The minimum Gasteiger partial charge on any atom is -0.392 e. The van der Waals surface area contributed by atoms with Crippen LogP contribution >= 0.6 is 0 Å². The Bertz CT molecular complexity index is 361. The fourth-order valence-corrected chi connectivity index (χ4v) is 3.65. The van der Waals surface area contributed by atoms with E-state index in [1.54, 1.807) is 0 Å². The van der Waals surface area contributed by atoms with Crippen molar-refractivity contribution in [2.75, 3.05) is 32.7 Å². The molecule has 1 saturated heterocycles. The molecule has 0 aromatic carbocycles. The van der Waals surface area contributed by atoms with E-state index in [-0.39, 0.29) is 18.1 Å². The number of piperazine rings is 1. The van der Waals surface area contributed by atoms with E-state index in [0.29, 0.717) is 6.04 Å². The summed E-state index contributed by atoms with van der Waals surface area (Å²) in [4.78, 5) is 17.1. The topological polar surface area (TPSA) is 55.8 Å². The monoisotopic (exact) mass is 325 g/mol. The van der Waals surface area contributed by atoms with Crippen molar-refractivity contribution in [1.29, 1.82) is 0 Å². The van der Waals surface area contributed by atoms with E-state index in [2.05, 4.69) is 22.0 Å². The molecule has 2 aliphatic rings. The molecule has 23 heavy (non-hydrogen) atoms. The lowest BCUT2D eigenvalue weighted by atomic mass is 9.87. The second-order valence-electron chi connectivity index (χ2n) is 7.54. The third-order valence-electron chi connectivity index (χ3n) is 5.64. The van der Waals surface area contributed by atoms with Gasteiger partial charge >= 0.3 is 0 Å². The standard InChI is InChI=1S/C18H35N3O2/c1-4-17(22)13-20-9-11-21(12-10-20)15(3)18(23)19-16-7-5-14(2)6-8-16/h14-17,22H,4-13H2,1-3H3,(H,19,23). The van der Waals surface area contributed by atoms with E-state index in [9.17, 15) is 9.90 Å². The van der Waals surface area contributed by atoms with Crippen LogP contribution in [0.3, 0.4) is 0 Å². The third kappa shape index (κ3) is 5.73. The molecule has 0 aromatic heterocycles. The van der Waals surface area contributed by atoms with Gasteiger partial charge in [0.25, 0.3) is 0 Å². The first-order chi connectivity index (χ1) is 11.0. The van der Waals surface area contributed by atoms with Crippen LogP contribution in [0.2, 0.25) is 0 Å². The van der Waals surface area contributed by atoms with Crippen molar-refractivity contribution >= 4 is 5.91 Å². The summed E-state index contributed by atoms with van der Waals surface area (Å²) in [6.45, 7) is 10.8. The van der Waals surface area contributed by atoms with Gasteiger partial charge in [-0.2, -0.15) is 0 Å². The minimum absolute atomic E-state index is 0.0485. The number of aliphatic hydroxyl groups excluding tert-OH is 1. The maximum atomic E-state index is 12.5. The second-order valence-corrected chi connectivity index (χ2v) is 7.54. The van der Waals surface area contributed by atoms with Crippen LogP contribution in [0.25, 0.3) is 0 Å². The van der Waals surface area contributed by atoms with E-state index in [4.69, 9.17) is 0 Å². The Balaban J connectivity index is 1.71. The zero-order valence-electron chi connectivity index (χ0n) is 15.1. The van der Waals surface area contributed by atoms with Crippen molar-refractivity contribution in [3.05, 3.63) is 0 Å². The molecule has 2 rings (SSSR count). The Labute approximate surface area is 141 Å². The molecule has 2 fully saturated rings. The van der Waals surface area contributed by atoms with Gasteiger partial charge in [0.05, 0.1) is 12.1 Å². The lowest BCUT2D eigenvalue weighted by Gasteiger charge is -2.38. The molecule has 0 bridgehead atoms. The van der Waals surface area contributed by atoms with Crippen LogP contribution in [0.4, 0.5) is 0 Å². The van der Waals surface area contributed by atoms with Gasteiger partial charge < -0.3 is 10.4 Å². The Morgan fingerprint density at radius 1 is 1.17 bits per heavy atom. The number of aliphatic hydroxyl groups is 1. The molecule has 2 atom stereocenters. The molecule has 1 aliphatic carbocycles. The van der Waals surface area contributed by atoms with Gasteiger partial charge in [-0.3, -0.25) is 14.6 Å². The Morgan fingerprint density at radius 2 is 1.78 bits per heavy atom. The lowest BCUT2D eigenvalue weighted by molar-refractivity contribution is -0.127. The zero-order valence-corrected chi connectivity index (χ0v) is 15.1. The molecular formula is C18H35N3O2. The summed E-state index contributed by atoms with van der Waals surface area (Å²) in [5.74, 6) is 0.999. The molecule has 5 heteroatoms. The van der Waals surface area contributed by atoms with Crippen LogP contribution < -0.4 is 5.32 Å². The third-order valence-corrected chi connectivity index (χ3v) is 5.64. The Morgan fingerprint density at radius 3 is 2.35 bits per heavy atom. The molecular weight excluding hydrogens is 290 g/mol. The summed E-state index contributed by atoms with van der Waals surface area (Å²) in [7, 11) is 0. The molecule has 5 nitrogen and oxygen atoms in total. The van der Waals surface area contributed by atoms with Crippen molar-refractivity contribution in [2.24, 2.45) is 5.92 Å². The van der Waals surface area contributed by atoms with Gasteiger partial charge in [0.2, 0.25) is 5.91 Å². The second kappa shape index (κ2) is 9.00. The number of nitrogens with one attached hydrogen (secondary N) is 1. The SMILES string of the molecule is CCC(O)CN1CCN(C(C)C(=O)NC2CCC(C)CC2)CC1. The molecule has 0 spiro atoms. The zero-order chi connectivity index (χ0) is 16.8. The first-order valence-electron chi connectivity index (χ1n) is 9.44. The number of amides is 1. The van der Waals surface area contributed by atoms with E-state index in [1.165, 1.54) is 12.8 Å². The molecule has 0 radical (unpaired) electrons. The molecule has 1 saturated carbocycles. The number of hydrogen-bond donors (Lipinski definition) is 2. The van der Waals surface area contributed by atoms with Gasteiger partial charge in [0, 0.05) is 38.8 Å². The van der Waals surface area contributed by atoms with Crippen LogP contribution in [-0.4, -0.2) is 71.7 Å². The van der Waals surface area contributed by atoms with Gasteiger partial charge in [0.15, 0.2) is 0 Å². The summed E-state index contributed by atoms with van der Waals surface area (Å²) in [6, 6.07) is 0.328. The number of β-amino-alcohol motifs (C(OH)–C–C–N with tert-alkyl or cyclic N) is 1. The van der Waals surface area contributed by atoms with Gasteiger partial charge in [-0.1, -0.05) is 13.8 Å². The summed E-state index contributed by atoms with van der Waals surface area (Å²) in [6.07, 6.45) is 5.30. The van der Waals surface area contributed by atoms with Crippen LogP contribution in [0, 0.1) is 5.92 Å². The normalized spacial score (nSPS) is 29.9. The Kier molecular flexibility index (Phi) is 7.31. The van der Waals surface area contributed by atoms with Crippen molar-refractivity contribution in [2.45, 2.75) is 71.1 Å². The van der Waals surface area contributed by atoms with Crippen LogP contribution in [0.15, 0.2) is 0 Å². The van der Waals surface area contributed by atoms with E-state index < -0.39 is 0 Å². The fraction of sp³-hybridized carbons (Fsp3) is 0.944. The van der Waals surface area contributed by atoms with Crippen LogP contribution in [-0.2, 0) is 4.79 Å². The smallest absolute Gasteiger partial charge is 0.237 e. The van der Waals surface area contributed by atoms with E-state index >= 15 is 0 Å². The van der Waals surface area contributed by atoms with E-state index in [1.807, 2.05) is 13.8 Å². The highest BCUT2D eigenvalue weighted by atomic mass is 16.3. The highest BCUT2D eigenvalue weighted by molar-refractivity contribution is 5.81. The molecule has 1 aliphatic heterocycles. The predicted octanol–water partition coefficient (Wildman–Crippen LogP) is 1.46. The van der Waals surface area contributed by atoms with Crippen molar-refractivity contribution < 1.29 is 9.90 Å². The fourth-order valence-electron chi connectivity index (χ4n) is 3.65. The lowest BCUT2D eigenvalue weighted by Crippen LogP contribution is -2.55. The molecule has 2 N–H and O–H groups in total. The first-order valence-corrected chi connectivity index (χ1v) is 9.44. The summed E-state index contributed by atoms with van der Waals surface area (Å²) in [5, 5.41) is 13.0. The highest BCUT2D eigenvalue weighted by Crippen LogP contribution is 2.23. The maximum absolute atomic E-state index is 12.5. The average Bonchev–Trinajstić information content (AvgIpc) is 2.56. The van der Waals surface area contributed by atoms with Crippen molar-refractivity contribution in [1.82, 2.24) is 15.1 Å². The average molecular weight is 325 g/mol. The quantitative estimate of drug-likeness (QED) is 0.776. The molecule has 134 valence electrons. The number of carbonyl (C=O) groups excluding carboxylic acids is 1. The highest BCUT2D eigenvalue weighted by Gasteiger charge is 2.28. The number of rotatable bonds is 6. The van der Waals surface area contributed by atoms with Crippen molar-refractivity contribution in [3.8, 4) is 0 Å². The van der Waals surface area contributed by atoms with Crippen LogP contribution in [0.5, 0.6) is 0 Å². The van der Waals surface area contributed by atoms with Crippen LogP contribution in [0.1, 0.15) is 52.9 Å². The Hall–Kier alpha value is -0.650. The molecule has 0 aromatic rings. The number of nitrogens with zero attached hydrogens (tertiary/aromatic N) is 2. The molecule has 1 heterocycles. The molecule has 1 amide bonds.